The molecule has 2 amide bonds. The second kappa shape index (κ2) is 7.00. The molecule has 1 aliphatic carbocycles. The van der Waals surface area contributed by atoms with E-state index in [0.717, 1.165) is 30.4 Å². The molecule has 1 aliphatic heterocycles. The minimum absolute atomic E-state index is 0.0150. The Morgan fingerprint density at radius 3 is 2.84 bits per heavy atom. The van der Waals surface area contributed by atoms with Crippen molar-refractivity contribution in [3.8, 4) is 0 Å². The minimum atomic E-state index is -0.0946. The summed E-state index contributed by atoms with van der Waals surface area (Å²) in [5.74, 6) is 0.0975. The van der Waals surface area contributed by atoms with Crippen LogP contribution >= 0.6 is 11.3 Å². The van der Waals surface area contributed by atoms with Gasteiger partial charge in [-0.15, -0.1) is 11.3 Å². The topological polar surface area (TPSA) is 49.4 Å². The van der Waals surface area contributed by atoms with Crippen molar-refractivity contribution in [1.82, 2.24) is 10.2 Å². The smallest absolute Gasteiger partial charge is 0.252 e. The highest BCUT2D eigenvalue weighted by Gasteiger charge is 2.31. The molecule has 0 saturated carbocycles. The van der Waals surface area contributed by atoms with Gasteiger partial charge in [-0.05, 0) is 36.8 Å². The molecule has 5 heteroatoms. The normalized spacial score (nSPS) is 19.8. The number of rotatable bonds is 4. The maximum atomic E-state index is 12.7. The standard InChI is InChI=1S/C20H22N2O2S/c23-19-10-15(12-22(19)11-14-6-2-1-3-7-14)21-20(24)17-13-25-18-9-5-4-8-16(17)18/h1-3,6-7,13,15H,4-5,8-12H2,(H,21,24)/t15-/m1/s1. The molecular formula is C20H22N2O2S. The van der Waals surface area contributed by atoms with Gasteiger partial charge in [-0.25, -0.2) is 0 Å². The van der Waals surface area contributed by atoms with Crippen LogP contribution in [0.15, 0.2) is 35.7 Å². The fraction of sp³-hybridized carbons (Fsp3) is 0.400. The molecule has 1 saturated heterocycles. The molecule has 1 aromatic carbocycles. The van der Waals surface area contributed by atoms with E-state index in [1.54, 1.807) is 11.3 Å². The summed E-state index contributed by atoms with van der Waals surface area (Å²) in [4.78, 5) is 28.1. The molecule has 130 valence electrons. The summed E-state index contributed by atoms with van der Waals surface area (Å²) in [5, 5.41) is 5.07. The summed E-state index contributed by atoms with van der Waals surface area (Å²) in [6.45, 7) is 1.20. The number of hydrogen-bond donors (Lipinski definition) is 1. The van der Waals surface area contributed by atoms with Gasteiger partial charge in [0.1, 0.15) is 0 Å². The molecule has 1 fully saturated rings. The molecule has 0 spiro atoms. The molecule has 0 bridgehead atoms. The highest BCUT2D eigenvalue weighted by Crippen LogP contribution is 2.30. The van der Waals surface area contributed by atoms with Gasteiger partial charge in [0, 0.05) is 29.8 Å². The van der Waals surface area contributed by atoms with Gasteiger partial charge in [0.25, 0.3) is 5.91 Å². The van der Waals surface area contributed by atoms with Crippen molar-refractivity contribution < 1.29 is 9.59 Å². The quantitative estimate of drug-likeness (QED) is 0.917. The van der Waals surface area contributed by atoms with Crippen molar-refractivity contribution in [2.45, 2.75) is 44.7 Å². The van der Waals surface area contributed by atoms with E-state index in [4.69, 9.17) is 0 Å². The first-order chi connectivity index (χ1) is 12.2. The van der Waals surface area contributed by atoms with Crippen LogP contribution in [-0.2, 0) is 24.2 Å². The largest absolute Gasteiger partial charge is 0.347 e. The third-order valence-electron chi connectivity index (χ3n) is 5.07. The highest BCUT2D eigenvalue weighted by molar-refractivity contribution is 7.10. The van der Waals surface area contributed by atoms with E-state index in [1.165, 1.54) is 16.9 Å². The number of nitrogens with one attached hydrogen (secondary N) is 1. The first-order valence-electron chi connectivity index (χ1n) is 8.92. The number of carbonyl (C=O) groups is 2. The monoisotopic (exact) mass is 354 g/mol. The summed E-state index contributed by atoms with van der Waals surface area (Å²) >= 11 is 1.70. The van der Waals surface area contributed by atoms with Crippen LogP contribution in [0.25, 0.3) is 0 Å². The van der Waals surface area contributed by atoms with Gasteiger partial charge >= 0.3 is 0 Å². The van der Waals surface area contributed by atoms with Gasteiger partial charge in [0.15, 0.2) is 0 Å². The van der Waals surface area contributed by atoms with Crippen LogP contribution in [0, 0.1) is 0 Å². The van der Waals surface area contributed by atoms with Gasteiger partial charge in [-0.1, -0.05) is 30.3 Å². The Morgan fingerprint density at radius 2 is 2.00 bits per heavy atom. The Balaban J connectivity index is 1.39. The van der Waals surface area contributed by atoms with Crippen LogP contribution < -0.4 is 5.32 Å². The number of fused-ring (bicyclic) bond motifs is 1. The SMILES string of the molecule is O=C(N[C@@H]1CC(=O)N(Cc2ccccc2)C1)c1csc2c1CCCC2. The van der Waals surface area contributed by atoms with E-state index >= 15 is 0 Å². The zero-order valence-electron chi connectivity index (χ0n) is 14.2. The predicted molar refractivity (Wildman–Crippen MR) is 98.7 cm³/mol. The van der Waals surface area contributed by atoms with Gasteiger partial charge in [0.2, 0.25) is 5.91 Å². The molecule has 1 aromatic heterocycles. The van der Waals surface area contributed by atoms with Crippen molar-refractivity contribution >= 4 is 23.2 Å². The minimum Gasteiger partial charge on any atom is -0.347 e. The van der Waals surface area contributed by atoms with Crippen molar-refractivity contribution in [2.75, 3.05) is 6.54 Å². The molecule has 0 radical (unpaired) electrons. The lowest BCUT2D eigenvalue weighted by Gasteiger charge is -2.18. The fourth-order valence-corrected chi connectivity index (χ4v) is 4.90. The third-order valence-corrected chi connectivity index (χ3v) is 6.16. The summed E-state index contributed by atoms with van der Waals surface area (Å²) in [6, 6.07) is 9.89. The van der Waals surface area contributed by atoms with Gasteiger partial charge in [-0.3, -0.25) is 9.59 Å². The maximum absolute atomic E-state index is 12.7. The van der Waals surface area contributed by atoms with E-state index in [1.807, 2.05) is 40.6 Å². The van der Waals surface area contributed by atoms with Crippen LogP contribution in [0.5, 0.6) is 0 Å². The maximum Gasteiger partial charge on any atom is 0.252 e. The highest BCUT2D eigenvalue weighted by atomic mass is 32.1. The fourth-order valence-electron chi connectivity index (χ4n) is 3.77. The van der Waals surface area contributed by atoms with E-state index < -0.39 is 0 Å². The first-order valence-corrected chi connectivity index (χ1v) is 9.80. The Kier molecular flexibility index (Phi) is 4.57. The zero-order valence-corrected chi connectivity index (χ0v) is 15.0. The molecule has 4 nitrogen and oxygen atoms in total. The Labute approximate surface area is 151 Å². The number of carbonyl (C=O) groups excluding carboxylic acids is 2. The van der Waals surface area contributed by atoms with Gasteiger partial charge in [-0.2, -0.15) is 0 Å². The Hall–Kier alpha value is -2.14. The lowest BCUT2D eigenvalue weighted by molar-refractivity contribution is -0.128. The molecule has 2 aromatic rings. The van der Waals surface area contributed by atoms with E-state index in [-0.39, 0.29) is 17.9 Å². The summed E-state index contributed by atoms with van der Waals surface area (Å²) < 4.78 is 0. The van der Waals surface area contributed by atoms with Crippen LogP contribution in [0.4, 0.5) is 0 Å². The van der Waals surface area contributed by atoms with Crippen LogP contribution in [0.2, 0.25) is 0 Å². The van der Waals surface area contributed by atoms with Crippen LogP contribution in [-0.4, -0.2) is 29.3 Å². The third kappa shape index (κ3) is 3.47. The first kappa shape index (κ1) is 16.3. The average molecular weight is 354 g/mol. The van der Waals surface area contributed by atoms with Crippen LogP contribution in [0.1, 0.15) is 45.6 Å². The van der Waals surface area contributed by atoms with Crippen molar-refractivity contribution in [1.29, 1.82) is 0 Å². The second-order valence-electron chi connectivity index (χ2n) is 6.89. The van der Waals surface area contributed by atoms with E-state index in [2.05, 4.69) is 5.32 Å². The number of thiophene rings is 1. The summed E-state index contributed by atoms with van der Waals surface area (Å²) in [5.41, 5.74) is 3.18. The summed E-state index contributed by atoms with van der Waals surface area (Å²) in [6.07, 6.45) is 4.88. The Morgan fingerprint density at radius 1 is 1.20 bits per heavy atom. The molecule has 1 atom stereocenters. The van der Waals surface area contributed by atoms with Crippen LogP contribution in [0.3, 0.4) is 0 Å². The zero-order chi connectivity index (χ0) is 17.2. The van der Waals surface area contributed by atoms with Crippen molar-refractivity contribution in [2.24, 2.45) is 0 Å². The molecule has 0 unspecified atom stereocenters. The molecule has 2 aliphatic rings. The van der Waals surface area contributed by atoms with Gasteiger partial charge in [0.05, 0.1) is 11.6 Å². The predicted octanol–water partition coefficient (Wildman–Crippen LogP) is 3.16. The molecule has 25 heavy (non-hydrogen) atoms. The molecule has 2 heterocycles. The number of benzene rings is 1. The number of aryl methyl sites for hydroxylation is 1. The lowest BCUT2D eigenvalue weighted by atomic mass is 9.95. The summed E-state index contributed by atoms with van der Waals surface area (Å²) in [7, 11) is 0. The van der Waals surface area contributed by atoms with Crippen molar-refractivity contribution in [3.63, 3.8) is 0 Å². The van der Waals surface area contributed by atoms with E-state index in [9.17, 15) is 9.59 Å². The number of amides is 2. The number of nitrogens with zero attached hydrogens (tertiary/aromatic N) is 1. The van der Waals surface area contributed by atoms with Crippen molar-refractivity contribution in [3.05, 3.63) is 57.3 Å². The van der Waals surface area contributed by atoms with Gasteiger partial charge < -0.3 is 10.2 Å². The second-order valence-corrected chi connectivity index (χ2v) is 7.86. The average Bonchev–Trinajstić information content (AvgIpc) is 3.19. The molecule has 4 rings (SSSR count). The molecule has 1 N–H and O–H groups in total. The Bertz CT molecular complexity index is 784. The van der Waals surface area contributed by atoms with E-state index in [0.29, 0.717) is 19.5 Å². The lowest BCUT2D eigenvalue weighted by Crippen LogP contribution is -2.37. The number of hydrogen-bond acceptors (Lipinski definition) is 3. The molecular weight excluding hydrogens is 332 g/mol. The number of likely N-dealkylation sites (tertiary alicyclic amines) is 1.